The normalized spacial score (nSPS) is 19.7. The van der Waals surface area contributed by atoms with Crippen molar-refractivity contribution in [1.82, 2.24) is 5.32 Å². The minimum absolute atomic E-state index is 0.150. The predicted octanol–water partition coefficient (Wildman–Crippen LogP) is 2.52. The fraction of sp³-hybridized carbons (Fsp3) is 0.211. The van der Waals surface area contributed by atoms with E-state index < -0.39 is 23.3 Å². The molecule has 0 spiro atoms. The van der Waals surface area contributed by atoms with Gasteiger partial charge in [0.2, 0.25) is 17.5 Å². The molecule has 1 N–H and O–H groups in total. The van der Waals surface area contributed by atoms with Crippen molar-refractivity contribution in [1.29, 1.82) is 0 Å². The highest BCUT2D eigenvalue weighted by atomic mass is 16.6. The summed E-state index contributed by atoms with van der Waals surface area (Å²) in [6.07, 6.45) is 0. The first-order valence-corrected chi connectivity index (χ1v) is 7.74. The third-order valence-corrected chi connectivity index (χ3v) is 3.99. The molecular formula is C19H17NO5. The number of hydrogen-bond donors (Lipinski definition) is 1. The van der Waals surface area contributed by atoms with E-state index in [1.165, 1.54) is 13.8 Å². The van der Waals surface area contributed by atoms with E-state index in [0.717, 1.165) is 10.8 Å². The van der Waals surface area contributed by atoms with E-state index >= 15 is 0 Å². The van der Waals surface area contributed by atoms with Crippen molar-refractivity contribution in [2.24, 2.45) is 0 Å². The first-order chi connectivity index (χ1) is 11.8. The molecule has 0 saturated heterocycles. The maximum atomic E-state index is 12.9. The monoisotopic (exact) mass is 339 g/mol. The van der Waals surface area contributed by atoms with Crippen LogP contribution in [0, 0.1) is 0 Å². The summed E-state index contributed by atoms with van der Waals surface area (Å²) in [5.41, 5.74) is -0.798. The van der Waals surface area contributed by atoms with Crippen molar-refractivity contribution < 1.29 is 23.9 Å². The summed E-state index contributed by atoms with van der Waals surface area (Å²) in [4.78, 5) is 35.6. The molecule has 1 aliphatic rings. The number of rotatable bonds is 3. The second-order valence-corrected chi connectivity index (χ2v) is 5.96. The van der Waals surface area contributed by atoms with Gasteiger partial charge in [0.25, 0.3) is 5.78 Å². The number of nitrogens with one attached hydrogen (secondary N) is 1. The van der Waals surface area contributed by atoms with Crippen LogP contribution in [0.3, 0.4) is 0 Å². The first-order valence-electron chi connectivity index (χ1n) is 7.74. The fourth-order valence-electron chi connectivity index (χ4n) is 2.77. The van der Waals surface area contributed by atoms with Crippen molar-refractivity contribution in [3.63, 3.8) is 0 Å². The van der Waals surface area contributed by atoms with Gasteiger partial charge in [-0.1, -0.05) is 36.4 Å². The maximum Gasteiger partial charge on any atom is 0.308 e. The van der Waals surface area contributed by atoms with Crippen LogP contribution in [0.5, 0.6) is 0 Å². The van der Waals surface area contributed by atoms with E-state index in [2.05, 4.69) is 5.32 Å². The van der Waals surface area contributed by atoms with E-state index in [0.29, 0.717) is 5.56 Å². The minimum Gasteiger partial charge on any atom is -0.456 e. The quantitative estimate of drug-likeness (QED) is 0.869. The zero-order chi connectivity index (χ0) is 18.2. The topological polar surface area (TPSA) is 81.7 Å². The van der Waals surface area contributed by atoms with Crippen LogP contribution in [-0.4, -0.2) is 17.7 Å². The second-order valence-electron chi connectivity index (χ2n) is 5.96. The van der Waals surface area contributed by atoms with Crippen LogP contribution in [0.25, 0.3) is 10.8 Å². The van der Waals surface area contributed by atoms with Gasteiger partial charge in [-0.25, -0.2) is 0 Å². The third kappa shape index (κ3) is 2.98. The van der Waals surface area contributed by atoms with Crippen LogP contribution in [0.4, 0.5) is 0 Å². The summed E-state index contributed by atoms with van der Waals surface area (Å²) in [5, 5.41) is 4.38. The molecule has 6 heteroatoms. The molecule has 128 valence electrons. The number of fused-ring (bicyclic) bond motifs is 1. The van der Waals surface area contributed by atoms with Gasteiger partial charge in [0.05, 0.1) is 0 Å². The molecule has 6 nitrogen and oxygen atoms in total. The fourth-order valence-corrected chi connectivity index (χ4v) is 2.77. The summed E-state index contributed by atoms with van der Waals surface area (Å²) in [6, 6.07) is 13.2. The molecule has 25 heavy (non-hydrogen) atoms. The summed E-state index contributed by atoms with van der Waals surface area (Å²) in [5.74, 6) is -2.07. The average Bonchev–Trinajstić information content (AvgIpc) is 2.79. The number of carbonyl (C=O) groups excluding carboxylic acids is 3. The third-order valence-electron chi connectivity index (χ3n) is 3.99. The number of esters is 1. The van der Waals surface area contributed by atoms with Gasteiger partial charge in [0.1, 0.15) is 0 Å². The zero-order valence-electron chi connectivity index (χ0n) is 14.1. The Morgan fingerprint density at radius 3 is 2.40 bits per heavy atom. The standard InChI is InChI=1S/C19H17NO5/c1-11(21)20-18-16(24-12(2)22)17(23)19(3,25-18)15-9-8-13-6-4-5-7-14(13)10-15/h4-10H,1-3H3,(H,20,21). The molecule has 1 heterocycles. The first kappa shape index (κ1) is 16.7. The van der Waals surface area contributed by atoms with Crippen LogP contribution in [-0.2, 0) is 29.5 Å². The second kappa shape index (κ2) is 6.05. The van der Waals surface area contributed by atoms with E-state index in [1.807, 2.05) is 36.4 Å². The summed E-state index contributed by atoms with van der Waals surface area (Å²) < 4.78 is 10.7. The van der Waals surface area contributed by atoms with Gasteiger partial charge in [0, 0.05) is 19.4 Å². The minimum atomic E-state index is -1.40. The van der Waals surface area contributed by atoms with Crippen molar-refractivity contribution in [2.75, 3.05) is 0 Å². The van der Waals surface area contributed by atoms with E-state index in [9.17, 15) is 14.4 Å². The Hall–Kier alpha value is -3.15. The molecule has 1 aliphatic heterocycles. The van der Waals surface area contributed by atoms with Crippen molar-refractivity contribution in [2.45, 2.75) is 26.4 Å². The van der Waals surface area contributed by atoms with Crippen molar-refractivity contribution in [3.05, 3.63) is 59.7 Å². The number of ketones is 1. The lowest BCUT2D eigenvalue weighted by Crippen LogP contribution is -2.32. The molecule has 0 aromatic heterocycles. The smallest absolute Gasteiger partial charge is 0.308 e. The van der Waals surface area contributed by atoms with Gasteiger partial charge < -0.3 is 9.47 Å². The van der Waals surface area contributed by atoms with E-state index in [1.54, 1.807) is 13.0 Å². The lowest BCUT2D eigenvalue weighted by Gasteiger charge is -2.24. The number of Topliss-reactive ketones (excluding diaryl/α,β-unsaturated/α-hetero) is 1. The van der Waals surface area contributed by atoms with Crippen LogP contribution in [0.15, 0.2) is 54.1 Å². The SMILES string of the molecule is CC(=O)NC1=C(OC(C)=O)C(=O)C(C)(c2ccc3ccccc3c2)O1. The van der Waals surface area contributed by atoms with Crippen LogP contribution < -0.4 is 5.32 Å². The van der Waals surface area contributed by atoms with Gasteiger partial charge in [-0.2, -0.15) is 0 Å². The predicted molar refractivity (Wildman–Crippen MR) is 90.0 cm³/mol. The molecule has 0 fully saturated rings. The van der Waals surface area contributed by atoms with Crippen molar-refractivity contribution in [3.8, 4) is 0 Å². The molecule has 3 rings (SSSR count). The van der Waals surface area contributed by atoms with Gasteiger partial charge in [-0.05, 0) is 23.8 Å². The average molecular weight is 339 g/mol. The van der Waals surface area contributed by atoms with Crippen molar-refractivity contribution >= 4 is 28.4 Å². The number of carbonyl (C=O) groups is 3. The Kier molecular flexibility index (Phi) is 4.04. The van der Waals surface area contributed by atoms with Crippen LogP contribution in [0.2, 0.25) is 0 Å². The number of hydrogen-bond acceptors (Lipinski definition) is 5. The Balaban J connectivity index is 2.04. The number of ether oxygens (including phenoxy) is 2. The van der Waals surface area contributed by atoms with Gasteiger partial charge in [0.15, 0.2) is 5.60 Å². The Bertz CT molecular complexity index is 930. The van der Waals surface area contributed by atoms with Gasteiger partial charge >= 0.3 is 5.97 Å². The molecule has 0 aliphatic carbocycles. The zero-order valence-corrected chi connectivity index (χ0v) is 14.1. The van der Waals surface area contributed by atoms with Crippen LogP contribution >= 0.6 is 0 Å². The largest absolute Gasteiger partial charge is 0.456 e. The highest BCUT2D eigenvalue weighted by Gasteiger charge is 2.49. The lowest BCUT2D eigenvalue weighted by atomic mass is 9.90. The molecule has 1 amide bonds. The summed E-state index contributed by atoms with van der Waals surface area (Å²) in [7, 11) is 0. The summed E-state index contributed by atoms with van der Waals surface area (Å²) >= 11 is 0. The van der Waals surface area contributed by atoms with E-state index in [-0.39, 0.29) is 11.6 Å². The Morgan fingerprint density at radius 1 is 1.08 bits per heavy atom. The maximum absolute atomic E-state index is 12.9. The number of amides is 1. The molecule has 1 unspecified atom stereocenters. The van der Waals surface area contributed by atoms with Crippen LogP contribution in [0.1, 0.15) is 26.3 Å². The van der Waals surface area contributed by atoms with Gasteiger partial charge in [-0.3, -0.25) is 19.7 Å². The summed E-state index contributed by atoms with van der Waals surface area (Å²) in [6.45, 7) is 4.03. The molecule has 2 aromatic carbocycles. The molecule has 2 aromatic rings. The molecule has 0 radical (unpaired) electrons. The highest BCUT2D eigenvalue weighted by molar-refractivity contribution is 6.05. The molecule has 0 bridgehead atoms. The molecular weight excluding hydrogens is 322 g/mol. The molecule has 1 atom stereocenters. The highest BCUT2D eigenvalue weighted by Crippen LogP contribution is 2.39. The van der Waals surface area contributed by atoms with Gasteiger partial charge in [-0.15, -0.1) is 0 Å². The lowest BCUT2D eigenvalue weighted by molar-refractivity contribution is -0.142. The molecule has 0 saturated carbocycles. The van der Waals surface area contributed by atoms with E-state index in [4.69, 9.17) is 9.47 Å². The Morgan fingerprint density at radius 2 is 1.76 bits per heavy atom. The number of benzene rings is 2. The Labute approximate surface area is 144 Å².